The first-order valence-electron chi connectivity index (χ1n) is 8.85. The van der Waals surface area contributed by atoms with Crippen LogP contribution in [-0.4, -0.2) is 73.4 Å². The van der Waals surface area contributed by atoms with Gasteiger partial charge in [0.1, 0.15) is 12.1 Å². The monoisotopic (exact) mass is 332 g/mol. The highest BCUT2D eigenvalue weighted by molar-refractivity contribution is 5.79. The number of ether oxygens (including phenoxy) is 2. The van der Waals surface area contributed by atoms with E-state index in [1.807, 2.05) is 4.90 Å². The lowest BCUT2D eigenvalue weighted by Crippen LogP contribution is -2.38. The molecule has 1 atom stereocenters. The zero-order valence-corrected chi connectivity index (χ0v) is 13.9. The molecule has 7 nitrogen and oxygen atoms in total. The highest BCUT2D eigenvalue weighted by Crippen LogP contribution is 2.25. The second-order valence-electron chi connectivity index (χ2n) is 6.61. The van der Waals surface area contributed by atoms with Crippen LogP contribution < -0.4 is 4.90 Å². The summed E-state index contributed by atoms with van der Waals surface area (Å²) in [4.78, 5) is 26.0. The van der Waals surface area contributed by atoms with Crippen molar-refractivity contribution >= 4 is 11.7 Å². The Bertz CT molecular complexity index is 597. The number of fused-ring (bicyclic) bond motifs is 1. The maximum atomic E-state index is 12.7. The molecule has 1 amide bonds. The first-order valence-corrected chi connectivity index (χ1v) is 8.85. The Morgan fingerprint density at radius 2 is 1.88 bits per heavy atom. The molecule has 7 heteroatoms. The van der Waals surface area contributed by atoms with Gasteiger partial charge in [-0.3, -0.25) is 4.79 Å². The third-order valence-corrected chi connectivity index (χ3v) is 5.16. The number of anilines is 1. The third-order valence-electron chi connectivity index (χ3n) is 5.16. The van der Waals surface area contributed by atoms with E-state index in [1.54, 1.807) is 6.33 Å². The van der Waals surface area contributed by atoms with E-state index in [4.69, 9.17) is 9.47 Å². The number of rotatable bonds is 2. The number of amides is 1. The molecule has 0 saturated carbocycles. The average Bonchev–Trinajstić information content (AvgIpc) is 3.08. The summed E-state index contributed by atoms with van der Waals surface area (Å²) in [5.41, 5.74) is 2.29. The third kappa shape index (κ3) is 3.10. The molecule has 2 saturated heterocycles. The summed E-state index contributed by atoms with van der Waals surface area (Å²) in [5, 5.41) is 0. The van der Waals surface area contributed by atoms with Gasteiger partial charge in [-0.25, -0.2) is 9.97 Å². The molecule has 4 rings (SSSR count). The minimum absolute atomic E-state index is 0.0380. The molecule has 4 heterocycles. The van der Waals surface area contributed by atoms with Crippen LogP contribution in [0.2, 0.25) is 0 Å². The fraction of sp³-hybridized carbons (Fsp3) is 0.706. The van der Waals surface area contributed by atoms with Crippen molar-refractivity contribution in [3.63, 3.8) is 0 Å². The topological polar surface area (TPSA) is 67.8 Å². The van der Waals surface area contributed by atoms with Crippen molar-refractivity contribution < 1.29 is 14.3 Å². The Morgan fingerprint density at radius 1 is 1.04 bits per heavy atom. The van der Waals surface area contributed by atoms with Crippen LogP contribution >= 0.6 is 0 Å². The molecular weight excluding hydrogens is 308 g/mol. The van der Waals surface area contributed by atoms with Crippen molar-refractivity contribution in [1.29, 1.82) is 0 Å². The molecule has 24 heavy (non-hydrogen) atoms. The van der Waals surface area contributed by atoms with Crippen LogP contribution in [0.4, 0.5) is 5.82 Å². The maximum absolute atomic E-state index is 12.7. The highest BCUT2D eigenvalue weighted by Gasteiger charge is 2.30. The molecular formula is C17H24N4O3. The Morgan fingerprint density at radius 3 is 2.67 bits per heavy atom. The van der Waals surface area contributed by atoms with Crippen molar-refractivity contribution in [2.75, 3.05) is 57.5 Å². The minimum Gasteiger partial charge on any atom is -0.381 e. The molecule has 2 fully saturated rings. The summed E-state index contributed by atoms with van der Waals surface area (Å²) in [7, 11) is 0. The second-order valence-corrected chi connectivity index (χ2v) is 6.61. The van der Waals surface area contributed by atoms with Gasteiger partial charge < -0.3 is 19.3 Å². The van der Waals surface area contributed by atoms with Gasteiger partial charge in [-0.1, -0.05) is 0 Å². The minimum atomic E-state index is 0.0380. The molecule has 1 aromatic rings. The molecule has 0 N–H and O–H groups in total. The van der Waals surface area contributed by atoms with Crippen LogP contribution in [0, 0.1) is 5.92 Å². The molecule has 3 aliphatic rings. The Kier molecular flexibility index (Phi) is 4.62. The first-order chi connectivity index (χ1) is 11.8. The average molecular weight is 332 g/mol. The fourth-order valence-electron chi connectivity index (χ4n) is 3.76. The summed E-state index contributed by atoms with van der Waals surface area (Å²) in [5.74, 6) is 1.30. The molecule has 130 valence electrons. The van der Waals surface area contributed by atoms with E-state index < -0.39 is 0 Å². The smallest absolute Gasteiger partial charge is 0.228 e. The van der Waals surface area contributed by atoms with Gasteiger partial charge in [-0.2, -0.15) is 0 Å². The molecule has 0 bridgehead atoms. The molecule has 3 aliphatic heterocycles. The summed E-state index contributed by atoms with van der Waals surface area (Å²) in [6.45, 7) is 5.97. The molecule has 0 aromatic carbocycles. The zero-order chi connectivity index (χ0) is 16.4. The van der Waals surface area contributed by atoms with Gasteiger partial charge in [0.05, 0.1) is 31.4 Å². The zero-order valence-electron chi connectivity index (χ0n) is 13.9. The number of aromatic nitrogens is 2. The summed E-state index contributed by atoms with van der Waals surface area (Å²) >= 11 is 0. The van der Waals surface area contributed by atoms with Gasteiger partial charge in [0.2, 0.25) is 5.91 Å². The molecule has 1 aromatic heterocycles. The summed E-state index contributed by atoms with van der Waals surface area (Å²) < 4.78 is 10.8. The van der Waals surface area contributed by atoms with Crippen molar-refractivity contribution in [2.45, 2.75) is 19.3 Å². The van der Waals surface area contributed by atoms with Gasteiger partial charge in [0.15, 0.2) is 0 Å². The van der Waals surface area contributed by atoms with E-state index in [0.29, 0.717) is 13.2 Å². The number of nitrogens with zero attached hydrogens (tertiary/aromatic N) is 4. The van der Waals surface area contributed by atoms with Crippen molar-refractivity contribution in [3.05, 3.63) is 17.6 Å². The van der Waals surface area contributed by atoms with Gasteiger partial charge in [-0.15, -0.1) is 0 Å². The Hall–Kier alpha value is -1.73. The lowest BCUT2D eigenvalue weighted by molar-refractivity contribution is -0.135. The van der Waals surface area contributed by atoms with Crippen LogP contribution in [0.3, 0.4) is 0 Å². The van der Waals surface area contributed by atoms with Crippen molar-refractivity contribution in [3.8, 4) is 0 Å². The van der Waals surface area contributed by atoms with E-state index in [9.17, 15) is 4.79 Å². The highest BCUT2D eigenvalue weighted by atomic mass is 16.5. The number of carbonyl (C=O) groups is 1. The van der Waals surface area contributed by atoms with Gasteiger partial charge in [-0.05, 0) is 12.8 Å². The lowest BCUT2D eigenvalue weighted by atomic mass is 10.1. The van der Waals surface area contributed by atoms with Gasteiger partial charge in [0, 0.05) is 44.8 Å². The van der Waals surface area contributed by atoms with Crippen LogP contribution in [0.1, 0.15) is 17.7 Å². The first kappa shape index (κ1) is 15.8. The van der Waals surface area contributed by atoms with Gasteiger partial charge >= 0.3 is 0 Å². The number of carbonyl (C=O) groups excluding carboxylic acids is 1. The van der Waals surface area contributed by atoms with E-state index in [-0.39, 0.29) is 11.8 Å². The van der Waals surface area contributed by atoms with E-state index in [2.05, 4.69) is 14.9 Å². The number of hydrogen-bond acceptors (Lipinski definition) is 6. The SMILES string of the molecule is O=C(C1CCOC1)N1CCc2ncnc(N3CCOCC3)c2CC1. The van der Waals surface area contributed by atoms with Crippen molar-refractivity contribution in [1.82, 2.24) is 14.9 Å². The molecule has 0 aliphatic carbocycles. The quantitative estimate of drug-likeness (QED) is 0.775. The van der Waals surface area contributed by atoms with Crippen LogP contribution in [0.5, 0.6) is 0 Å². The molecule has 0 radical (unpaired) electrons. The Balaban J connectivity index is 1.51. The predicted octanol–water partition coefficient (Wildman–Crippen LogP) is 0.277. The predicted molar refractivity (Wildman–Crippen MR) is 88.0 cm³/mol. The summed E-state index contributed by atoms with van der Waals surface area (Å²) in [6.07, 6.45) is 4.13. The maximum Gasteiger partial charge on any atom is 0.228 e. The van der Waals surface area contributed by atoms with E-state index in [1.165, 1.54) is 5.56 Å². The fourth-order valence-corrected chi connectivity index (χ4v) is 3.76. The second kappa shape index (κ2) is 7.03. The standard InChI is InChI=1S/C17H24N4O3/c22-17(13-3-8-24-11-13)21-4-1-14-15(2-5-21)18-12-19-16(14)20-6-9-23-10-7-20/h12-13H,1-11H2. The van der Waals surface area contributed by atoms with E-state index in [0.717, 1.165) is 70.2 Å². The van der Waals surface area contributed by atoms with Crippen LogP contribution in [-0.2, 0) is 27.1 Å². The number of hydrogen-bond donors (Lipinski definition) is 0. The van der Waals surface area contributed by atoms with Crippen LogP contribution in [0.15, 0.2) is 6.33 Å². The van der Waals surface area contributed by atoms with Crippen molar-refractivity contribution in [2.24, 2.45) is 5.92 Å². The molecule has 1 unspecified atom stereocenters. The lowest BCUT2D eigenvalue weighted by Gasteiger charge is -2.29. The largest absolute Gasteiger partial charge is 0.381 e. The molecule has 0 spiro atoms. The van der Waals surface area contributed by atoms with Gasteiger partial charge in [0.25, 0.3) is 0 Å². The summed E-state index contributed by atoms with van der Waals surface area (Å²) in [6, 6.07) is 0. The normalized spacial score (nSPS) is 24.6. The number of morpholine rings is 1. The van der Waals surface area contributed by atoms with E-state index >= 15 is 0 Å². The van der Waals surface area contributed by atoms with Crippen LogP contribution in [0.25, 0.3) is 0 Å². The Labute approximate surface area is 142 Å².